The molecule has 6 heteroatoms. The molecule has 2 aromatic rings. The standard InChI is InChI=1S/C17H20N4O2/c1-13-11-20(12-14-5-3-2-4-6-14)9-10-21(13)17(23)15-7-8-16(22)19-18-15/h2-8,13H,9-12H2,1H3,(H,19,22)/t13-/m1/s1. The topological polar surface area (TPSA) is 69.3 Å². The Morgan fingerprint density at radius 2 is 2.00 bits per heavy atom. The molecule has 1 aliphatic heterocycles. The van der Waals surface area contributed by atoms with Crippen LogP contribution < -0.4 is 5.56 Å². The van der Waals surface area contributed by atoms with Crippen LogP contribution in [0.4, 0.5) is 0 Å². The molecule has 120 valence electrons. The van der Waals surface area contributed by atoms with E-state index in [1.54, 1.807) is 0 Å². The van der Waals surface area contributed by atoms with Crippen molar-refractivity contribution in [3.05, 3.63) is 64.1 Å². The second kappa shape index (κ2) is 6.75. The number of rotatable bonds is 3. The van der Waals surface area contributed by atoms with E-state index < -0.39 is 0 Å². The number of amides is 1. The Bertz CT molecular complexity index is 708. The Balaban J connectivity index is 1.63. The molecule has 0 bridgehead atoms. The number of carbonyl (C=O) groups is 1. The van der Waals surface area contributed by atoms with E-state index in [0.717, 1.165) is 19.6 Å². The third-order valence-electron chi connectivity index (χ3n) is 4.12. The third-order valence-corrected chi connectivity index (χ3v) is 4.12. The number of carbonyl (C=O) groups excluding carboxylic acids is 1. The van der Waals surface area contributed by atoms with E-state index in [1.807, 2.05) is 30.0 Å². The van der Waals surface area contributed by atoms with Gasteiger partial charge in [0.15, 0.2) is 0 Å². The fourth-order valence-corrected chi connectivity index (χ4v) is 2.93. The molecule has 23 heavy (non-hydrogen) atoms. The first-order valence-corrected chi connectivity index (χ1v) is 7.76. The van der Waals surface area contributed by atoms with Crippen LogP contribution in [0.25, 0.3) is 0 Å². The Morgan fingerprint density at radius 3 is 2.65 bits per heavy atom. The molecule has 0 saturated carbocycles. The molecule has 1 aromatic heterocycles. The van der Waals surface area contributed by atoms with Gasteiger partial charge in [-0.1, -0.05) is 30.3 Å². The zero-order chi connectivity index (χ0) is 16.2. The molecule has 6 nitrogen and oxygen atoms in total. The lowest BCUT2D eigenvalue weighted by Crippen LogP contribution is -2.53. The van der Waals surface area contributed by atoms with Gasteiger partial charge in [0.1, 0.15) is 5.69 Å². The molecule has 1 atom stereocenters. The summed E-state index contributed by atoms with van der Waals surface area (Å²) in [5.41, 5.74) is 1.26. The number of benzene rings is 1. The third kappa shape index (κ3) is 3.65. The van der Waals surface area contributed by atoms with Gasteiger partial charge in [-0.15, -0.1) is 0 Å². The zero-order valence-electron chi connectivity index (χ0n) is 13.1. The Kier molecular flexibility index (Phi) is 4.52. The second-order valence-electron chi connectivity index (χ2n) is 5.87. The van der Waals surface area contributed by atoms with Crippen molar-refractivity contribution >= 4 is 5.91 Å². The maximum absolute atomic E-state index is 12.5. The maximum Gasteiger partial charge on any atom is 0.274 e. The van der Waals surface area contributed by atoms with E-state index in [1.165, 1.54) is 17.7 Å². The average Bonchev–Trinajstić information content (AvgIpc) is 2.56. The summed E-state index contributed by atoms with van der Waals surface area (Å²) in [4.78, 5) is 27.7. The first-order chi connectivity index (χ1) is 11.1. The predicted octanol–water partition coefficient (Wildman–Crippen LogP) is 1.12. The van der Waals surface area contributed by atoms with E-state index in [2.05, 4.69) is 27.2 Å². The highest BCUT2D eigenvalue weighted by atomic mass is 16.2. The lowest BCUT2D eigenvalue weighted by atomic mass is 10.1. The van der Waals surface area contributed by atoms with Crippen LogP contribution >= 0.6 is 0 Å². The van der Waals surface area contributed by atoms with Crippen LogP contribution in [0.5, 0.6) is 0 Å². The molecule has 1 aliphatic rings. The van der Waals surface area contributed by atoms with Crippen LogP contribution in [0.2, 0.25) is 0 Å². The SMILES string of the molecule is C[C@@H]1CN(Cc2ccccc2)CCN1C(=O)c1ccc(=O)[nH]n1. The number of nitrogens with one attached hydrogen (secondary N) is 1. The van der Waals surface area contributed by atoms with Gasteiger partial charge in [0, 0.05) is 38.3 Å². The Labute approximate surface area is 134 Å². The van der Waals surface area contributed by atoms with E-state index in [9.17, 15) is 9.59 Å². The molecule has 1 amide bonds. The van der Waals surface area contributed by atoms with Gasteiger partial charge in [0.05, 0.1) is 0 Å². The zero-order valence-corrected chi connectivity index (χ0v) is 13.1. The van der Waals surface area contributed by atoms with Crippen molar-refractivity contribution in [2.45, 2.75) is 19.5 Å². The van der Waals surface area contributed by atoms with Crippen LogP contribution in [0.3, 0.4) is 0 Å². The van der Waals surface area contributed by atoms with Crippen LogP contribution in [-0.4, -0.2) is 51.6 Å². The summed E-state index contributed by atoms with van der Waals surface area (Å²) >= 11 is 0. The molecule has 1 N–H and O–H groups in total. The van der Waals surface area contributed by atoms with Crippen molar-refractivity contribution in [3.8, 4) is 0 Å². The summed E-state index contributed by atoms with van der Waals surface area (Å²) in [5.74, 6) is -0.131. The van der Waals surface area contributed by atoms with Crippen molar-refractivity contribution in [3.63, 3.8) is 0 Å². The summed E-state index contributed by atoms with van der Waals surface area (Å²) in [7, 11) is 0. The van der Waals surface area contributed by atoms with Crippen LogP contribution in [0.1, 0.15) is 23.0 Å². The second-order valence-corrected chi connectivity index (χ2v) is 5.87. The number of aromatic nitrogens is 2. The van der Waals surface area contributed by atoms with E-state index >= 15 is 0 Å². The van der Waals surface area contributed by atoms with Crippen molar-refractivity contribution < 1.29 is 4.79 Å². The quantitative estimate of drug-likeness (QED) is 0.922. The minimum Gasteiger partial charge on any atom is -0.332 e. The summed E-state index contributed by atoms with van der Waals surface area (Å²) < 4.78 is 0. The van der Waals surface area contributed by atoms with Crippen molar-refractivity contribution in [1.82, 2.24) is 20.0 Å². The Morgan fingerprint density at radius 1 is 1.22 bits per heavy atom. The molecule has 1 saturated heterocycles. The highest BCUT2D eigenvalue weighted by molar-refractivity contribution is 5.92. The van der Waals surface area contributed by atoms with Gasteiger partial charge in [0.2, 0.25) is 0 Å². The fourth-order valence-electron chi connectivity index (χ4n) is 2.93. The number of H-pyrrole nitrogens is 1. The number of hydrogen-bond acceptors (Lipinski definition) is 4. The van der Waals surface area contributed by atoms with Gasteiger partial charge in [-0.3, -0.25) is 14.5 Å². The average molecular weight is 312 g/mol. The number of aromatic amines is 1. The smallest absolute Gasteiger partial charge is 0.274 e. The molecule has 0 radical (unpaired) electrons. The number of piperazine rings is 1. The maximum atomic E-state index is 12.5. The highest BCUT2D eigenvalue weighted by Gasteiger charge is 2.28. The summed E-state index contributed by atoms with van der Waals surface area (Å²) in [6.45, 7) is 5.25. The van der Waals surface area contributed by atoms with Crippen molar-refractivity contribution in [1.29, 1.82) is 0 Å². The summed E-state index contributed by atoms with van der Waals surface area (Å²) in [6, 6.07) is 13.2. The Hall–Kier alpha value is -2.47. The molecule has 0 unspecified atom stereocenters. The molecule has 3 rings (SSSR count). The molecule has 1 aromatic carbocycles. The van der Waals surface area contributed by atoms with Crippen LogP contribution in [0, 0.1) is 0 Å². The molecule has 1 fully saturated rings. The van der Waals surface area contributed by atoms with Gasteiger partial charge in [-0.25, -0.2) is 5.10 Å². The van der Waals surface area contributed by atoms with Crippen LogP contribution in [-0.2, 0) is 6.54 Å². The number of hydrogen-bond donors (Lipinski definition) is 1. The normalized spacial score (nSPS) is 18.8. The van der Waals surface area contributed by atoms with Gasteiger partial charge < -0.3 is 4.90 Å². The first-order valence-electron chi connectivity index (χ1n) is 7.76. The minimum absolute atomic E-state index is 0.105. The van der Waals surface area contributed by atoms with E-state index in [4.69, 9.17) is 0 Å². The predicted molar refractivity (Wildman–Crippen MR) is 87.1 cm³/mol. The largest absolute Gasteiger partial charge is 0.332 e. The van der Waals surface area contributed by atoms with E-state index in [0.29, 0.717) is 6.54 Å². The van der Waals surface area contributed by atoms with E-state index in [-0.39, 0.29) is 23.2 Å². The summed E-state index contributed by atoms with van der Waals surface area (Å²) in [6.07, 6.45) is 0. The van der Waals surface area contributed by atoms with Gasteiger partial charge in [0.25, 0.3) is 11.5 Å². The van der Waals surface area contributed by atoms with Gasteiger partial charge >= 0.3 is 0 Å². The monoisotopic (exact) mass is 312 g/mol. The molecular weight excluding hydrogens is 292 g/mol. The summed E-state index contributed by atoms with van der Waals surface area (Å²) in [5, 5.41) is 6.14. The van der Waals surface area contributed by atoms with Crippen molar-refractivity contribution in [2.75, 3.05) is 19.6 Å². The molecule has 0 aliphatic carbocycles. The van der Waals surface area contributed by atoms with Gasteiger partial charge in [-0.2, -0.15) is 5.10 Å². The number of nitrogens with zero attached hydrogens (tertiary/aromatic N) is 3. The van der Waals surface area contributed by atoms with Gasteiger partial charge in [-0.05, 0) is 18.6 Å². The van der Waals surface area contributed by atoms with Crippen molar-refractivity contribution in [2.24, 2.45) is 0 Å². The molecule has 2 heterocycles. The lowest BCUT2D eigenvalue weighted by Gasteiger charge is -2.39. The highest BCUT2D eigenvalue weighted by Crippen LogP contribution is 2.15. The fraction of sp³-hybridized carbons (Fsp3) is 0.353. The van der Waals surface area contributed by atoms with Crippen LogP contribution in [0.15, 0.2) is 47.3 Å². The lowest BCUT2D eigenvalue weighted by molar-refractivity contribution is 0.0469. The first kappa shape index (κ1) is 15.4. The minimum atomic E-state index is -0.303. The molecule has 0 spiro atoms. The molecular formula is C17H20N4O2.